The van der Waals surface area contributed by atoms with Gasteiger partial charge in [0.25, 0.3) is 0 Å². The molecule has 0 bridgehead atoms. The lowest BCUT2D eigenvalue weighted by Gasteiger charge is -2.18. The largest absolute Gasteiger partial charge is 0.481 e. The SMILES string of the molecule is CCNC(Cc1ccc(I)cc1)Cc1ccc(OC)nc1. The van der Waals surface area contributed by atoms with E-state index in [1.807, 2.05) is 12.3 Å². The lowest BCUT2D eigenvalue weighted by Crippen LogP contribution is -2.33. The minimum absolute atomic E-state index is 0.422. The van der Waals surface area contributed by atoms with Gasteiger partial charge in [-0.2, -0.15) is 0 Å². The van der Waals surface area contributed by atoms with Crippen LogP contribution >= 0.6 is 22.6 Å². The summed E-state index contributed by atoms with van der Waals surface area (Å²) in [6.07, 6.45) is 3.89. The highest BCUT2D eigenvalue weighted by atomic mass is 127. The smallest absolute Gasteiger partial charge is 0.212 e. The van der Waals surface area contributed by atoms with Crippen LogP contribution in [0, 0.1) is 3.57 Å². The Morgan fingerprint density at radius 3 is 2.33 bits per heavy atom. The van der Waals surface area contributed by atoms with Gasteiger partial charge in [-0.15, -0.1) is 0 Å². The molecule has 1 aromatic heterocycles. The van der Waals surface area contributed by atoms with Gasteiger partial charge in [0.05, 0.1) is 7.11 Å². The first-order valence-corrected chi connectivity index (χ1v) is 8.26. The molecule has 1 aromatic carbocycles. The van der Waals surface area contributed by atoms with E-state index in [4.69, 9.17) is 4.74 Å². The number of rotatable bonds is 7. The molecule has 1 N–H and O–H groups in total. The molecule has 0 radical (unpaired) electrons. The second-order valence-electron chi connectivity index (χ2n) is 5.00. The Morgan fingerprint density at radius 2 is 1.76 bits per heavy atom. The zero-order valence-corrected chi connectivity index (χ0v) is 14.6. The van der Waals surface area contributed by atoms with Gasteiger partial charge >= 0.3 is 0 Å². The van der Waals surface area contributed by atoms with E-state index in [1.165, 1.54) is 14.7 Å². The van der Waals surface area contributed by atoms with Crippen LogP contribution in [0.15, 0.2) is 42.6 Å². The number of methoxy groups -OCH3 is 1. The van der Waals surface area contributed by atoms with Crippen molar-refractivity contribution in [1.82, 2.24) is 10.3 Å². The van der Waals surface area contributed by atoms with Gasteiger partial charge in [-0.3, -0.25) is 0 Å². The highest BCUT2D eigenvalue weighted by Crippen LogP contribution is 2.13. The van der Waals surface area contributed by atoms with Crippen molar-refractivity contribution < 1.29 is 4.74 Å². The van der Waals surface area contributed by atoms with Crippen molar-refractivity contribution in [3.63, 3.8) is 0 Å². The number of benzene rings is 1. The number of nitrogens with zero attached hydrogens (tertiary/aromatic N) is 1. The van der Waals surface area contributed by atoms with Crippen LogP contribution in [-0.2, 0) is 12.8 Å². The lowest BCUT2D eigenvalue weighted by atomic mass is 10.00. The summed E-state index contributed by atoms with van der Waals surface area (Å²) in [7, 11) is 1.64. The van der Waals surface area contributed by atoms with Crippen LogP contribution in [0.4, 0.5) is 0 Å². The predicted molar refractivity (Wildman–Crippen MR) is 94.8 cm³/mol. The monoisotopic (exact) mass is 396 g/mol. The molecular formula is C17H21IN2O. The molecule has 4 heteroatoms. The maximum absolute atomic E-state index is 5.10. The van der Waals surface area contributed by atoms with Crippen molar-refractivity contribution in [2.75, 3.05) is 13.7 Å². The molecule has 0 amide bonds. The fourth-order valence-electron chi connectivity index (χ4n) is 2.35. The third kappa shape index (κ3) is 5.28. The molecule has 21 heavy (non-hydrogen) atoms. The van der Waals surface area contributed by atoms with Crippen molar-refractivity contribution in [3.8, 4) is 5.88 Å². The number of hydrogen-bond donors (Lipinski definition) is 1. The van der Waals surface area contributed by atoms with Gasteiger partial charge < -0.3 is 10.1 Å². The van der Waals surface area contributed by atoms with E-state index in [-0.39, 0.29) is 0 Å². The third-order valence-corrected chi connectivity index (χ3v) is 4.10. The Kier molecular flexibility index (Phi) is 6.45. The number of ether oxygens (including phenoxy) is 1. The zero-order chi connectivity index (χ0) is 15.1. The van der Waals surface area contributed by atoms with Crippen molar-refractivity contribution in [3.05, 3.63) is 57.3 Å². The number of hydrogen-bond acceptors (Lipinski definition) is 3. The predicted octanol–water partition coefficient (Wildman–Crippen LogP) is 3.46. The summed E-state index contributed by atoms with van der Waals surface area (Å²) in [5.74, 6) is 0.663. The van der Waals surface area contributed by atoms with E-state index < -0.39 is 0 Å². The number of aromatic nitrogens is 1. The molecule has 1 unspecified atom stereocenters. The Balaban J connectivity index is 2.02. The Hall–Kier alpha value is -1.14. The number of halogens is 1. The first-order chi connectivity index (χ1) is 10.2. The minimum atomic E-state index is 0.422. The summed E-state index contributed by atoms with van der Waals surface area (Å²) in [6, 6.07) is 13.2. The summed E-state index contributed by atoms with van der Waals surface area (Å²) in [6.45, 7) is 3.12. The molecule has 0 spiro atoms. The Bertz CT molecular complexity index is 540. The first-order valence-electron chi connectivity index (χ1n) is 7.18. The number of nitrogens with one attached hydrogen (secondary N) is 1. The molecule has 0 aliphatic rings. The molecule has 112 valence electrons. The maximum Gasteiger partial charge on any atom is 0.212 e. The van der Waals surface area contributed by atoms with E-state index in [2.05, 4.69) is 70.1 Å². The number of likely N-dealkylation sites (N-methyl/N-ethyl adjacent to an activating group) is 1. The molecule has 0 aliphatic heterocycles. The van der Waals surface area contributed by atoms with Crippen molar-refractivity contribution in [2.45, 2.75) is 25.8 Å². The molecule has 3 nitrogen and oxygen atoms in total. The molecule has 1 atom stereocenters. The average Bonchev–Trinajstić information content (AvgIpc) is 2.50. The minimum Gasteiger partial charge on any atom is -0.481 e. The van der Waals surface area contributed by atoms with Crippen molar-refractivity contribution >= 4 is 22.6 Å². The summed E-state index contributed by atoms with van der Waals surface area (Å²) in [4.78, 5) is 4.28. The topological polar surface area (TPSA) is 34.1 Å². The van der Waals surface area contributed by atoms with Crippen molar-refractivity contribution in [2.24, 2.45) is 0 Å². The van der Waals surface area contributed by atoms with Crippen LogP contribution < -0.4 is 10.1 Å². The molecule has 0 aliphatic carbocycles. The first kappa shape index (κ1) is 16.2. The summed E-state index contributed by atoms with van der Waals surface area (Å²) in [5, 5.41) is 3.56. The molecule has 0 saturated heterocycles. The summed E-state index contributed by atoms with van der Waals surface area (Å²) >= 11 is 2.34. The Labute approximate surface area is 140 Å². The van der Waals surface area contributed by atoms with Gasteiger partial charge in [0.1, 0.15) is 0 Å². The van der Waals surface area contributed by atoms with Crippen LogP contribution in [-0.4, -0.2) is 24.7 Å². The number of pyridine rings is 1. The molecular weight excluding hydrogens is 375 g/mol. The average molecular weight is 396 g/mol. The molecule has 2 rings (SSSR count). The van der Waals surface area contributed by atoms with Crippen molar-refractivity contribution in [1.29, 1.82) is 0 Å². The van der Waals surface area contributed by atoms with E-state index in [1.54, 1.807) is 7.11 Å². The van der Waals surface area contributed by atoms with Crippen LogP contribution in [0.1, 0.15) is 18.1 Å². The van der Waals surface area contributed by atoms with Crippen LogP contribution in [0.3, 0.4) is 0 Å². The zero-order valence-electron chi connectivity index (χ0n) is 12.5. The molecule has 0 fully saturated rings. The van der Waals surface area contributed by atoms with E-state index in [0.29, 0.717) is 11.9 Å². The Morgan fingerprint density at radius 1 is 1.10 bits per heavy atom. The lowest BCUT2D eigenvalue weighted by molar-refractivity contribution is 0.397. The van der Waals surface area contributed by atoms with Crippen LogP contribution in [0.5, 0.6) is 5.88 Å². The van der Waals surface area contributed by atoms with Gasteiger partial charge in [0.15, 0.2) is 0 Å². The molecule has 1 heterocycles. The van der Waals surface area contributed by atoms with Gasteiger partial charge in [-0.1, -0.05) is 25.1 Å². The van der Waals surface area contributed by atoms with Crippen LogP contribution in [0.2, 0.25) is 0 Å². The quantitative estimate of drug-likeness (QED) is 0.728. The highest BCUT2D eigenvalue weighted by Gasteiger charge is 2.10. The summed E-state index contributed by atoms with van der Waals surface area (Å²) < 4.78 is 6.37. The van der Waals surface area contributed by atoms with Gasteiger partial charge in [0, 0.05) is 21.9 Å². The highest BCUT2D eigenvalue weighted by molar-refractivity contribution is 14.1. The standard InChI is InChI=1S/C17H21IN2O/c1-3-19-16(10-13-4-7-15(18)8-5-13)11-14-6-9-17(21-2)20-12-14/h4-9,12,16,19H,3,10-11H2,1-2H3. The third-order valence-electron chi connectivity index (χ3n) is 3.38. The van der Waals surface area contributed by atoms with Crippen LogP contribution in [0.25, 0.3) is 0 Å². The van der Waals surface area contributed by atoms with E-state index in [0.717, 1.165) is 19.4 Å². The van der Waals surface area contributed by atoms with Gasteiger partial charge in [-0.05, 0) is 65.2 Å². The molecule has 2 aromatic rings. The maximum atomic E-state index is 5.10. The molecule has 0 saturated carbocycles. The van der Waals surface area contributed by atoms with E-state index >= 15 is 0 Å². The van der Waals surface area contributed by atoms with Gasteiger partial charge in [0.2, 0.25) is 5.88 Å². The fraction of sp³-hybridized carbons (Fsp3) is 0.353. The fourth-order valence-corrected chi connectivity index (χ4v) is 2.71. The second kappa shape index (κ2) is 8.34. The normalized spacial score (nSPS) is 12.1. The second-order valence-corrected chi connectivity index (χ2v) is 6.24. The summed E-state index contributed by atoms with van der Waals surface area (Å²) in [5.41, 5.74) is 2.59. The van der Waals surface area contributed by atoms with Gasteiger partial charge in [-0.25, -0.2) is 4.98 Å². The van der Waals surface area contributed by atoms with E-state index in [9.17, 15) is 0 Å².